The third-order valence-corrected chi connectivity index (χ3v) is 5.31. The summed E-state index contributed by atoms with van der Waals surface area (Å²) < 4.78 is 13.9. The Morgan fingerprint density at radius 3 is 2.74 bits per heavy atom. The fraction of sp³-hybridized carbons (Fsp3) is 0.316. The van der Waals surface area contributed by atoms with Crippen molar-refractivity contribution in [3.05, 3.63) is 70.5 Å². The van der Waals surface area contributed by atoms with Crippen LogP contribution in [0.1, 0.15) is 40.6 Å². The maximum Gasteiger partial charge on any atom is 0.210 e. The minimum atomic E-state index is -0.254. The van der Waals surface area contributed by atoms with Crippen molar-refractivity contribution < 1.29 is 9.18 Å². The van der Waals surface area contributed by atoms with Crippen molar-refractivity contribution in [3.8, 4) is 0 Å². The van der Waals surface area contributed by atoms with Crippen LogP contribution in [0.15, 0.2) is 42.5 Å². The summed E-state index contributed by atoms with van der Waals surface area (Å²) in [4.78, 5) is 13.5. The normalized spacial score (nSPS) is 25.3. The summed E-state index contributed by atoms with van der Waals surface area (Å²) in [6, 6.07) is 13.2. The second-order valence-electron chi connectivity index (χ2n) is 6.45. The number of hydrogen-bond donors (Lipinski definition) is 1. The first-order valence-electron chi connectivity index (χ1n) is 8.02. The van der Waals surface area contributed by atoms with Crippen LogP contribution >= 0.6 is 0 Å². The number of halogens is 1. The Bertz CT molecular complexity index is 761. The smallest absolute Gasteiger partial charge is 0.210 e. The van der Waals surface area contributed by atoms with Crippen molar-refractivity contribution in [1.29, 1.82) is 0 Å². The van der Waals surface area contributed by atoms with Crippen molar-refractivity contribution in [3.63, 3.8) is 0 Å². The second kappa shape index (κ2) is 5.46. The van der Waals surface area contributed by atoms with Crippen LogP contribution in [0.4, 0.5) is 4.39 Å². The lowest BCUT2D eigenvalue weighted by molar-refractivity contribution is -0.120. The number of carbonyl (C=O) groups excluding carboxylic acids is 1. The number of rotatable bonds is 2. The van der Waals surface area contributed by atoms with Gasteiger partial charge in [0, 0.05) is 18.5 Å². The average molecular weight is 310 g/mol. The van der Waals surface area contributed by atoms with Crippen LogP contribution in [-0.2, 0) is 11.2 Å². The van der Waals surface area contributed by atoms with E-state index in [9.17, 15) is 9.18 Å². The van der Waals surface area contributed by atoms with Crippen molar-refractivity contribution in [2.75, 3.05) is 6.54 Å². The lowest BCUT2D eigenvalue weighted by Gasteiger charge is -2.28. The highest BCUT2D eigenvalue weighted by atomic mass is 19.1. The van der Waals surface area contributed by atoms with Gasteiger partial charge in [0.25, 0.3) is 0 Å². The standard InChI is InChI=1S/C19H19FN2O/c20-14-6-5-13-7-12-3-1-2-4-16(12)18-9-15(10-21)22(11-23)19(18)17(13)8-14/h1-6,8,11,15,18-19H,7,9-10,21H2/t15-,18-,19-/m1/s1. The summed E-state index contributed by atoms with van der Waals surface area (Å²) in [5, 5.41) is 0. The molecule has 0 radical (unpaired) electrons. The highest BCUT2D eigenvalue weighted by Crippen LogP contribution is 2.50. The van der Waals surface area contributed by atoms with E-state index in [0.717, 1.165) is 30.4 Å². The largest absolute Gasteiger partial charge is 0.333 e. The number of amides is 1. The fourth-order valence-electron chi connectivity index (χ4n) is 4.29. The maximum absolute atomic E-state index is 13.9. The van der Waals surface area contributed by atoms with Gasteiger partial charge in [0.2, 0.25) is 6.41 Å². The Balaban J connectivity index is 1.95. The van der Waals surface area contributed by atoms with Gasteiger partial charge in [-0.25, -0.2) is 4.39 Å². The third-order valence-electron chi connectivity index (χ3n) is 5.31. The minimum Gasteiger partial charge on any atom is -0.333 e. The first kappa shape index (κ1) is 14.4. The van der Waals surface area contributed by atoms with Crippen molar-refractivity contribution >= 4 is 6.41 Å². The highest BCUT2D eigenvalue weighted by Gasteiger charge is 2.44. The number of nitrogens with two attached hydrogens (primary N) is 1. The lowest BCUT2D eigenvalue weighted by atomic mass is 9.87. The molecule has 3 atom stereocenters. The van der Waals surface area contributed by atoms with E-state index in [4.69, 9.17) is 5.73 Å². The van der Waals surface area contributed by atoms with Crippen molar-refractivity contribution in [1.82, 2.24) is 4.90 Å². The predicted octanol–water partition coefficient (Wildman–Crippen LogP) is 2.74. The van der Waals surface area contributed by atoms with Gasteiger partial charge in [0.1, 0.15) is 5.82 Å². The number of nitrogens with zero attached hydrogens (tertiary/aromatic N) is 1. The fourth-order valence-corrected chi connectivity index (χ4v) is 4.29. The van der Waals surface area contributed by atoms with Crippen LogP contribution in [0, 0.1) is 5.82 Å². The van der Waals surface area contributed by atoms with Gasteiger partial charge in [0.15, 0.2) is 0 Å². The molecule has 2 aromatic rings. The number of likely N-dealkylation sites (tertiary alicyclic amines) is 1. The zero-order valence-corrected chi connectivity index (χ0v) is 12.8. The number of benzene rings is 2. The summed E-state index contributed by atoms with van der Waals surface area (Å²) in [7, 11) is 0. The van der Waals surface area contributed by atoms with Crippen molar-refractivity contribution in [2.45, 2.75) is 30.8 Å². The molecule has 1 aliphatic heterocycles. The maximum atomic E-state index is 13.9. The summed E-state index contributed by atoms with van der Waals surface area (Å²) in [5.74, 6) is -0.0801. The summed E-state index contributed by atoms with van der Waals surface area (Å²) in [5.41, 5.74) is 10.4. The molecule has 0 saturated carbocycles. The molecule has 1 amide bonds. The SMILES string of the molecule is NC[C@H]1C[C@@H]2c3ccccc3Cc3ccc(F)cc3[C@H]2N1C=O. The van der Waals surface area contributed by atoms with Crippen LogP contribution in [-0.4, -0.2) is 23.9 Å². The molecule has 0 aromatic heterocycles. The van der Waals surface area contributed by atoms with Gasteiger partial charge in [-0.1, -0.05) is 30.3 Å². The molecule has 2 aromatic carbocycles. The monoisotopic (exact) mass is 310 g/mol. The molecule has 23 heavy (non-hydrogen) atoms. The molecule has 1 heterocycles. The summed E-state index contributed by atoms with van der Waals surface area (Å²) in [6.07, 6.45) is 2.48. The predicted molar refractivity (Wildman–Crippen MR) is 86.5 cm³/mol. The molecule has 0 spiro atoms. The van der Waals surface area contributed by atoms with E-state index in [1.807, 2.05) is 18.2 Å². The summed E-state index contributed by atoms with van der Waals surface area (Å²) >= 11 is 0. The van der Waals surface area contributed by atoms with Crippen LogP contribution in [0.25, 0.3) is 0 Å². The Labute approximate surface area is 134 Å². The van der Waals surface area contributed by atoms with Crippen molar-refractivity contribution in [2.24, 2.45) is 5.73 Å². The van der Waals surface area contributed by atoms with E-state index < -0.39 is 0 Å². The molecule has 1 fully saturated rings. The first-order valence-corrected chi connectivity index (χ1v) is 8.02. The zero-order chi connectivity index (χ0) is 16.0. The molecule has 2 N–H and O–H groups in total. The molecule has 4 heteroatoms. The Hall–Kier alpha value is -2.20. The molecule has 118 valence electrons. The molecule has 4 rings (SSSR count). The molecule has 3 nitrogen and oxygen atoms in total. The average Bonchev–Trinajstić information content (AvgIpc) is 2.89. The number of hydrogen-bond acceptors (Lipinski definition) is 2. The van der Waals surface area contributed by atoms with Gasteiger partial charge in [-0.2, -0.15) is 0 Å². The third kappa shape index (κ3) is 2.17. The van der Waals surface area contributed by atoms with Crippen LogP contribution < -0.4 is 5.73 Å². The quantitative estimate of drug-likeness (QED) is 0.867. The first-order chi connectivity index (χ1) is 11.2. The van der Waals surface area contributed by atoms with Gasteiger partial charge in [-0.15, -0.1) is 0 Å². The lowest BCUT2D eigenvalue weighted by Crippen LogP contribution is -2.36. The molecule has 0 unspecified atom stereocenters. The van der Waals surface area contributed by atoms with Gasteiger partial charge in [-0.05, 0) is 47.2 Å². The van der Waals surface area contributed by atoms with E-state index in [-0.39, 0.29) is 23.8 Å². The molecule has 1 saturated heterocycles. The van der Waals surface area contributed by atoms with Crippen LogP contribution in [0.2, 0.25) is 0 Å². The molecular formula is C19H19FN2O. The van der Waals surface area contributed by atoms with E-state index in [1.165, 1.54) is 17.2 Å². The van der Waals surface area contributed by atoms with Crippen LogP contribution in [0.5, 0.6) is 0 Å². The zero-order valence-electron chi connectivity index (χ0n) is 12.8. The minimum absolute atomic E-state index is 0.00442. The van der Waals surface area contributed by atoms with Gasteiger partial charge in [-0.3, -0.25) is 4.79 Å². The van der Waals surface area contributed by atoms with Gasteiger partial charge < -0.3 is 10.6 Å². The van der Waals surface area contributed by atoms with E-state index in [1.54, 1.807) is 11.0 Å². The Morgan fingerprint density at radius 1 is 1.17 bits per heavy atom. The molecule has 2 aliphatic rings. The number of carbonyl (C=O) groups is 1. The highest BCUT2D eigenvalue weighted by molar-refractivity contribution is 5.55. The van der Waals surface area contributed by atoms with E-state index in [2.05, 4.69) is 12.1 Å². The molecule has 0 bridgehead atoms. The Kier molecular flexibility index (Phi) is 3.42. The number of fused-ring (bicyclic) bond motifs is 5. The van der Waals surface area contributed by atoms with Gasteiger partial charge >= 0.3 is 0 Å². The molecular weight excluding hydrogens is 291 g/mol. The second-order valence-corrected chi connectivity index (χ2v) is 6.45. The molecule has 1 aliphatic carbocycles. The van der Waals surface area contributed by atoms with Gasteiger partial charge in [0.05, 0.1) is 6.04 Å². The van der Waals surface area contributed by atoms with E-state index in [0.29, 0.717) is 6.54 Å². The summed E-state index contributed by atoms with van der Waals surface area (Å²) in [6.45, 7) is 0.429. The van der Waals surface area contributed by atoms with E-state index >= 15 is 0 Å². The van der Waals surface area contributed by atoms with Crippen LogP contribution in [0.3, 0.4) is 0 Å². The topological polar surface area (TPSA) is 46.3 Å². The Morgan fingerprint density at radius 2 is 1.96 bits per heavy atom.